The Morgan fingerprint density at radius 2 is 1.91 bits per heavy atom. The van der Waals surface area contributed by atoms with Gasteiger partial charge in [0.05, 0.1) is 17.1 Å². The van der Waals surface area contributed by atoms with Gasteiger partial charge in [-0.2, -0.15) is 4.99 Å². The number of aliphatic imine (C=N–C) groups is 1. The van der Waals surface area contributed by atoms with E-state index in [9.17, 15) is 18.0 Å². The lowest BCUT2D eigenvalue weighted by Crippen LogP contribution is -2.32. The summed E-state index contributed by atoms with van der Waals surface area (Å²) in [5.74, 6) is 0.461. The highest BCUT2D eigenvalue weighted by molar-refractivity contribution is 8.15. The van der Waals surface area contributed by atoms with Gasteiger partial charge in [0.15, 0.2) is 16.1 Å². The molecule has 1 aliphatic heterocycles. The van der Waals surface area contributed by atoms with Crippen LogP contribution in [0, 0.1) is 6.92 Å². The summed E-state index contributed by atoms with van der Waals surface area (Å²) in [4.78, 5) is 23.5. The molecule has 8 nitrogen and oxygen atoms in total. The summed E-state index contributed by atoms with van der Waals surface area (Å²) < 4.78 is 42.7. The standard InChI is InChI=1S/C31H29F3N6O2S2/c1-3-5-22-9-8-20(2)16-26(22)40-27(41)18-44-30(40)37-29(43)35-15-14-21-6-4-7-23(17-21)28-36-19-39(38-28)24-10-12-25(13-11-24)42-31(32,33)34/h4,6-13,16-17,19H,3,5,14-15,18H2,1-2H3,(H,35,43). The van der Waals surface area contributed by atoms with Gasteiger partial charge < -0.3 is 10.1 Å². The molecule has 0 radical (unpaired) electrons. The summed E-state index contributed by atoms with van der Waals surface area (Å²) in [6.45, 7) is 4.64. The predicted molar refractivity (Wildman–Crippen MR) is 170 cm³/mol. The van der Waals surface area contributed by atoms with Gasteiger partial charge in [-0.25, -0.2) is 9.67 Å². The minimum Gasteiger partial charge on any atom is -0.406 e. The molecule has 1 amide bonds. The summed E-state index contributed by atoms with van der Waals surface area (Å²) in [7, 11) is 0. The molecule has 0 aliphatic carbocycles. The zero-order valence-electron chi connectivity index (χ0n) is 24.0. The summed E-state index contributed by atoms with van der Waals surface area (Å²) >= 11 is 6.89. The number of carbonyl (C=O) groups excluding carboxylic acids is 1. The van der Waals surface area contributed by atoms with Gasteiger partial charge in [0.1, 0.15) is 12.1 Å². The number of carbonyl (C=O) groups is 1. The molecule has 44 heavy (non-hydrogen) atoms. The number of anilines is 1. The monoisotopic (exact) mass is 638 g/mol. The van der Waals surface area contributed by atoms with E-state index in [0.29, 0.717) is 40.5 Å². The number of nitrogens with zero attached hydrogens (tertiary/aromatic N) is 5. The lowest BCUT2D eigenvalue weighted by Gasteiger charge is -2.20. The Morgan fingerprint density at radius 3 is 2.66 bits per heavy atom. The second-order valence-corrected chi connectivity index (χ2v) is 11.4. The van der Waals surface area contributed by atoms with E-state index in [1.165, 1.54) is 47.0 Å². The highest BCUT2D eigenvalue weighted by Crippen LogP contribution is 2.31. The Balaban J connectivity index is 1.21. The number of hydrogen-bond donors (Lipinski definition) is 1. The number of amidine groups is 1. The number of rotatable bonds is 9. The SMILES string of the molecule is CCCc1ccc(C)cc1N1C(=O)CSC1=NC(=S)NCCc1cccc(-c2ncn(-c3ccc(OC(F)(F)F)cc3)n2)c1. The van der Waals surface area contributed by atoms with Gasteiger partial charge in [-0.05, 0) is 85.1 Å². The Bertz CT molecular complexity index is 1690. The molecular weight excluding hydrogens is 610 g/mol. The molecule has 1 aliphatic rings. The number of thioether (sulfide) groups is 1. The molecule has 0 spiro atoms. The second-order valence-electron chi connectivity index (χ2n) is 10.0. The Hall–Kier alpha value is -4.23. The van der Waals surface area contributed by atoms with Gasteiger partial charge in [0.25, 0.3) is 0 Å². The summed E-state index contributed by atoms with van der Waals surface area (Å²) in [5.41, 5.74) is 5.39. The number of ether oxygens (including phenoxy) is 1. The highest BCUT2D eigenvalue weighted by atomic mass is 32.2. The number of nitrogens with one attached hydrogen (secondary N) is 1. The largest absolute Gasteiger partial charge is 0.573 e. The lowest BCUT2D eigenvalue weighted by atomic mass is 10.0. The van der Waals surface area contributed by atoms with Gasteiger partial charge >= 0.3 is 6.36 Å². The van der Waals surface area contributed by atoms with Crippen LogP contribution in [-0.2, 0) is 17.6 Å². The highest BCUT2D eigenvalue weighted by Gasteiger charge is 2.32. The maximum absolute atomic E-state index is 12.8. The van der Waals surface area contributed by atoms with Crippen LogP contribution in [0.15, 0.2) is 78.0 Å². The molecule has 0 unspecified atom stereocenters. The van der Waals surface area contributed by atoms with Crippen molar-refractivity contribution in [1.29, 1.82) is 0 Å². The average Bonchev–Trinajstić information content (AvgIpc) is 3.61. The molecule has 4 aromatic rings. The van der Waals surface area contributed by atoms with Crippen molar-refractivity contribution in [3.05, 3.63) is 89.7 Å². The van der Waals surface area contributed by atoms with Crippen molar-refractivity contribution in [3.8, 4) is 22.8 Å². The maximum Gasteiger partial charge on any atom is 0.573 e. The van der Waals surface area contributed by atoms with Crippen molar-refractivity contribution in [3.63, 3.8) is 0 Å². The van der Waals surface area contributed by atoms with Crippen molar-refractivity contribution >= 4 is 45.9 Å². The summed E-state index contributed by atoms with van der Waals surface area (Å²) in [6.07, 6.45) is -0.776. The molecular formula is C31H29F3N6O2S2. The van der Waals surface area contributed by atoms with Crippen LogP contribution >= 0.6 is 24.0 Å². The van der Waals surface area contributed by atoms with E-state index in [4.69, 9.17) is 12.2 Å². The van der Waals surface area contributed by atoms with E-state index >= 15 is 0 Å². The van der Waals surface area contributed by atoms with Gasteiger partial charge in [-0.15, -0.1) is 18.3 Å². The number of alkyl halides is 3. The minimum absolute atomic E-state index is 0.0140. The zero-order valence-corrected chi connectivity index (χ0v) is 25.6. The van der Waals surface area contributed by atoms with E-state index in [-0.39, 0.29) is 11.7 Å². The van der Waals surface area contributed by atoms with Crippen LogP contribution in [0.2, 0.25) is 0 Å². The van der Waals surface area contributed by atoms with E-state index in [1.807, 2.05) is 37.3 Å². The van der Waals surface area contributed by atoms with Crippen LogP contribution in [0.5, 0.6) is 5.75 Å². The van der Waals surface area contributed by atoms with Crippen LogP contribution in [0.1, 0.15) is 30.0 Å². The van der Waals surface area contributed by atoms with Gasteiger partial charge in [0, 0.05) is 12.1 Å². The Morgan fingerprint density at radius 1 is 1.11 bits per heavy atom. The van der Waals surface area contributed by atoms with Crippen molar-refractivity contribution in [2.75, 3.05) is 17.2 Å². The molecule has 0 atom stereocenters. The summed E-state index contributed by atoms with van der Waals surface area (Å²) in [6, 6.07) is 19.3. The number of aryl methyl sites for hydroxylation is 2. The van der Waals surface area contributed by atoms with Crippen LogP contribution in [0.25, 0.3) is 17.1 Å². The van der Waals surface area contributed by atoms with Gasteiger partial charge in [0.2, 0.25) is 5.91 Å². The minimum atomic E-state index is -4.75. The van der Waals surface area contributed by atoms with Crippen LogP contribution in [0.3, 0.4) is 0 Å². The van der Waals surface area contributed by atoms with Crippen molar-refractivity contribution < 1.29 is 22.7 Å². The molecule has 0 bridgehead atoms. The van der Waals surface area contributed by atoms with Crippen LogP contribution in [0.4, 0.5) is 18.9 Å². The first-order valence-electron chi connectivity index (χ1n) is 13.9. The topological polar surface area (TPSA) is 84.6 Å². The molecule has 13 heteroatoms. The lowest BCUT2D eigenvalue weighted by molar-refractivity contribution is -0.274. The molecule has 3 aromatic carbocycles. The van der Waals surface area contributed by atoms with Crippen molar-refractivity contribution in [2.45, 2.75) is 39.5 Å². The third-order valence-corrected chi connectivity index (χ3v) is 7.82. The fraction of sp³-hybridized carbons (Fsp3) is 0.258. The molecule has 1 N–H and O–H groups in total. The van der Waals surface area contributed by atoms with Crippen LogP contribution < -0.4 is 15.0 Å². The second kappa shape index (κ2) is 13.6. The van der Waals surface area contributed by atoms with E-state index in [2.05, 4.69) is 44.2 Å². The number of benzene rings is 3. The molecule has 1 aromatic heterocycles. The van der Waals surface area contributed by atoms with Crippen molar-refractivity contribution in [1.82, 2.24) is 20.1 Å². The Labute approximate surface area is 262 Å². The fourth-order valence-corrected chi connectivity index (χ4v) is 5.78. The smallest absolute Gasteiger partial charge is 0.406 e. The van der Waals surface area contributed by atoms with Crippen LogP contribution in [-0.4, -0.2) is 49.6 Å². The number of hydrogen-bond acceptors (Lipinski definition) is 6. The average molecular weight is 639 g/mol. The molecule has 1 saturated heterocycles. The van der Waals surface area contributed by atoms with Gasteiger partial charge in [-0.1, -0.05) is 55.4 Å². The van der Waals surface area contributed by atoms with E-state index < -0.39 is 6.36 Å². The number of thiocarbonyl (C=S) groups is 1. The Kier molecular flexibility index (Phi) is 9.64. The first-order chi connectivity index (χ1) is 21.1. The number of aromatic nitrogens is 3. The van der Waals surface area contributed by atoms with E-state index in [0.717, 1.165) is 40.8 Å². The fourth-order valence-electron chi connectivity index (χ4n) is 4.67. The zero-order chi connectivity index (χ0) is 31.3. The third-order valence-electron chi connectivity index (χ3n) is 6.67. The van der Waals surface area contributed by atoms with Crippen molar-refractivity contribution in [2.24, 2.45) is 4.99 Å². The van der Waals surface area contributed by atoms with E-state index in [1.54, 1.807) is 4.90 Å². The first kappa shape index (κ1) is 31.2. The first-order valence-corrected chi connectivity index (χ1v) is 15.3. The molecule has 1 fully saturated rings. The molecule has 228 valence electrons. The third kappa shape index (κ3) is 7.83. The molecule has 5 rings (SSSR count). The number of amides is 1. The van der Waals surface area contributed by atoms with Gasteiger partial charge in [-0.3, -0.25) is 9.69 Å². The summed E-state index contributed by atoms with van der Waals surface area (Å²) in [5, 5.41) is 8.53. The normalized spacial score (nSPS) is 14.3. The maximum atomic E-state index is 12.8. The number of halogens is 3. The molecule has 0 saturated carbocycles. The predicted octanol–water partition coefficient (Wildman–Crippen LogP) is 6.65. The molecule has 2 heterocycles. The quantitative estimate of drug-likeness (QED) is 0.206.